The van der Waals surface area contributed by atoms with Crippen LogP contribution in [0.25, 0.3) is 11.1 Å². The highest BCUT2D eigenvalue weighted by atomic mass is 16.5. The zero-order valence-electron chi connectivity index (χ0n) is 28.2. The smallest absolute Gasteiger partial charge is 0.235 e. The number of hydrogen-bond acceptors (Lipinski definition) is 10. The quantitative estimate of drug-likeness (QED) is 0.184. The van der Waals surface area contributed by atoms with Crippen molar-refractivity contribution in [2.75, 3.05) is 27.7 Å². The Morgan fingerprint density at radius 3 is 2.40 bits per heavy atom. The van der Waals surface area contributed by atoms with Crippen LogP contribution in [0, 0.1) is 23.7 Å². The summed E-state index contributed by atoms with van der Waals surface area (Å²) in [5, 5.41) is 26.3. The molecule has 6 atom stereocenters. The molecule has 2 saturated carbocycles. The number of hydrogen-bond donors (Lipinski definition) is 4. The van der Waals surface area contributed by atoms with Crippen molar-refractivity contribution >= 4 is 29.0 Å². The van der Waals surface area contributed by atoms with Gasteiger partial charge in [0.15, 0.2) is 34.7 Å². The van der Waals surface area contributed by atoms with Gasteiger partial charge in [0.05, 0.1) is 24.6 Å². The van der Waals surface area contributed by atoms with E-state index in [-0.39, 0.29) is 24.2 Å². The predicted molar refractivity (Wildman–Crippen MR) is 178 cm³/mol. The molecule has 0 aliphatic heterocycles. The number of carbonyl (C=O) groups excluding carboxylic acids is 5. The molecule has 3 aliphatic carbocycles. The van der Waals surface area contributed by atoms with E-state index in [0.29, 0.717) is 23.4 Å². The number of carbonyl (C=O) groups is 5. The van der Waals surface area contributed by atoms with E-state index in [1.54, 1.807) is 27.3 Å². The van der Waals surface area contributed by atoms with Crippen molar-refractivity contribution in [3.8, 4) is 22.6 Å². The van der Waals surface area contributed by atoms with Crippen LogP contribution >= 0.6 is 0 Å². The highest BCUT2D eigenvalue weighted by molar-refractivity contribution is 6.32. The largest absolute Gasteiger partial charge is 0.507 e. The third-order valence-corrected chi connectivity index (χ3v) is 10.5. The molecular formula is C37H47N3O8. The number of ketones is 4. The highest BCUT2D eigenvalue weighted by Gasteiger charge is 2.69. The molecule has 0 bridgehead atoms. The number of unbranched alkanes of at least 4 members (excludes halogenated alkanes) is 5. The maximum absolute atomic E-state index is 14.2. The molecule has 2 aromatic rings. The van der Waals surface area contributed by atoms with Crippen LogP contribution < -0.4 is 15.8 Å². The molecule has 48 heavy (non-hydrogen) atoms. The summed E-state index contributed by atoms with van der Waals surface area (Å²) in [5.41, 5.74) is 5.51. The van der Waals surface area contributed by atoms with Crippen LogP contribution in [0.1, 0.15) is 73.4 Å². The van der Waals surface area contributed by atoms with Crippen LogP contribution in [-0.2, 0) is 32.1 Å². The summed E-state index contributed by atoms with van der Waals surface area (Å²) in [5.74, 6) is -10.2. The summed E-state index contributed by atoms with van der Waals surface area (Å²) in [6.07, 6.45) is 7.40. The molecule has 3 aliphatic rings. The van der Waals surface area contributed by atoms with E-state index in [0.717, 1.165) is 24.1 Å². The summed E-state index contributed by atoms with van der Waals surface area (Å²) in [4.78, 5) is 68.9. The molecule has 0 radical (unpaired) electrons. The number of amides is 1. The van der Waals surface area contributed by atoms with Gasteiger partial charge in [0.2, 0.25) is 5.91 Å². The first-order valence-corrected chi connectivity index (χ1v) is 17.0. The fourth-order valence-electron chi connectivity index (χ4n) is 8.20. The molecule has 0 aromatic heterocycles. The number of phenolic OH excluding ortho intramolecular Hbond substituents is 1. The van der Waals surface area contributed by atoms with E-state index in [2.05, 4.69) is 12.2 Å². The Morgan fingerprint density at radius 1 is 1.02 bits per heavy atom. The van der Waals surface area contributed by atoms with Gasteiger partial charge in [-0.25, -0.2) is 0 Å². The van der Waals surface area contributed by atoms with E-state index in [9.17, 15) is 34.2 Å². The first-order valence-electron chi connectivity index (χ1n) is 17.0. The number of phenols is 1. The minimum Gasteiger partial charge on any atom is -0.507 e. The Balaban J connectivity index is 1.48. The molecular weight excluding hydrogens is 614 g/mol. The van der Waals surface area contributed by atoms with E-state index < -0.39 is 64.4 Å². The van der Waals surface area contributed by atoms with Crippen molar-refractivity contribution in [1.82, 2.24) is 10.2 Å². The van der Waals surface area contributed by atoms with E-state index >= 15 is 0 Å². The predicted octanol–water partition coefficient (Wildman–Crippen LogP) is 2.99. The fourth-order valence-corrected chi connectivity index (χ4v) is 8.20. The zero-order chi connectivity index (χ0) is 34.9. The number of nitrogens with one attached hydrogen (secondary N) is 1. The zero-order valence-corrected chi connectivity index (χ0v) is 28.2. The Hall–Kier alpha value is -3.93. The number of aliphatic hydroxyl groups is 1. The van der Waals surface area contributed by atoms with Gasteiger partial charge in [0.25, 0.3) is 0 Å². The van der Waals surface area contributed by atoms with Crippen molar-refractivity contribution in [2.24, 2.45) is 29.4 Å². The van der Waals surface area contributed by atoms with Gasteiger partial charge >= 0.3 is 0 Å². The standard InChI is InChI=1S/C37H47N3O8/c1-5-6-7-8-9-10-15-39-19-20-11-14-27(48-4)23(16-20)22-12-13-26(41)29-24(22)17-21-18-25-31(40(2)3)33(43)30(36(38)46)35(45)37(25,47)34(44)28(21)32(29)42/h11-14,16,21,25,28,30-31,39,41,47H,5-10,15,17-19H2,1-4H3,(H2,38,46). The summed E-state index contributed by atoms with van der Waals surface area (Å²) in [7, 11) is 4.68. The second-order valence-corrected chi connectivity index (χ2v) is 13.8. The molecule has 5 N–H and O–H groups in total. The van der Waals surface area contributed by atoms with Crippen molar-refractivity contribution in [1.29, 1.82) is 0 Å². The van der Waals surface area contributed by atoms with Gasteiger partial charge < -0.3 is 26.0 Å². The first-order chi connectivity index (χ1) is 22.9. The number of methoxy groups -OCH3 is 1. The number of likely N-dealkylation sites (N-methyl/N-ethyl adjacent to an activating group) is 1. The third-order valence-electron chi connectivity index (χ3n) is 10.5. The summed E-state index contributed by atoms with van der Waals surface area (Å²) >= 11 is 0. The van der Waals surface area contributed by atoms with E-state index in [1.165, 1.54) is 43.1 Å². The van der Waals surface area contributed by atoms with Crippen LogP contribution in [0.4, 0.5) is 0 Å². The average Bonchev–Trinajstić information content (AvgIpc) is 3.03. The summed E-state index contributed by atoms with van der Waals surface area (Å²) < 4.78 is 5.72. The van der Waals surface area contributed by atoms with Crippen LogP contribution in [0.5, 0.6) is 11.5 Å². The number of nitrogens with zero attached hydrogens (tertiary/aromatic N) is 1. The van der Waals surface area contributed by atoms with Gasteiger partial charge in [0, 0.05) is 18.0 Å². The lowest BCUT2D eigenvalue weighted by Gasteiger charge is -2.52. The molecule has 6 unspecified atom stereocenters. The van der Waals surface area contributed by atoms with Gasteiger partial charge in [-0.05, 0) is 80.7 Å². The van der Waals surface area contributed by atoms with Crippen LogP contribution in [0.15, 0.2) is 30.3 Å². The lowest BCUT2D eigenvalue weighted by Crippen LogP contribution is -2.74. The van der Waals surface area contributed by atoms with Gasteiger partial charge in [-0.3, -0.25) is 28.9 Å². The Labute approximate surface area is 281 Å². The molecule has 2 aromatic carbocycles. The molecule has 0 saturated heterocycles. The van der Waals surface area contributed by atoms with Crippen LogP contribution in [-0.4, -0.2) is 83.5 Å². The summed E-state index contributed by atoms with van der Waals surface area (Å²) in [6, 6.07) is 7.80. The van der Waals surface area contributed by atoms with Gasteiger partial charge in [-0.15, -0.1) is 0 Å². The maximum atomic E-state index is 14.2. The Bertz CT molecular complexity index is 1620. The molecule has 11 heteroatoms. The number of Topliss-reactive ketones (excluding diaryl/α,β-unsaturated/α-hetero) is 4. The van der Waals surface area contributed by atoms with Gasteiger partial charge in [-0.2, -0.15) is 0 Å². The van der Waals surface area contributed by atoms with E-state index in [4.69, 9.17) is 10.5 Å². The lowest BCUT2D eigenvalue weighted by molar-refractivity contribution is -0.181. The number of ether oxygens (including phenoxy) is 1. The number of primary amides is 1. The number of fused-ring (bicyclic) bond motifs is 3. The van der Waals surface area contributed by atoms with Crippen molar-refractivity contribution in [3.63, 3.8) is 0 Å². The SMILES string of the molecule is CCCCCCCCNCc1ccc(OC)c(-c2ccc(O)c3c2CC2CC4C(N(C)C)C(=O)C(C(N)=O)C(=O)C4(O)C(=O)C2C3=O)c1. The fraction of sp³-hybridized carbons (Fsp3) is 0.541. The molecule has 11 nitrogen and oxygen atoms in total. The molecule has 1 amide bonds. The van der Waals surface area contributed by atoms with Crippen LogP contribution in [0.2, 0.25) is 0 Å². The van der Waals surface area contributed by atoms with Gasteiger partial charge in [-0.1, -0.05) is 51.2 Å². The van der Waals surface area contributed by atoms with Crippen molar-refractivity contribution in [3.05, 3.63) is 47.0 Å². The highest BCUT2D eigenvalue weighted by Crippen LogP contribution is 2.52. The second-order valence-electron chi connectivity index (χ2n) is 13.8. The monoisotopic (exact) mass is 661 g/mol. The maximum Gasteiger partial charge on any atom is 0.235 e. The Morgan fingerprint density at radius 2 is 1.73 bits per heavy atom. The molecule has 258 valence electrons. The number of benzene rings is 2. The van der Waals surface area contributed by atoms with Crippen molar-refractivity contribution in [2.45, 2.75) is 76.5 Å². The van der Waals surface area contributed by atoms with Gasteiger partial charge in [0.1, 0.15) is 11.5 Å². The topological polar surface area (TPSA) is 176 Å². The number of aromatic hydroxyl groups is 1. The lowest BCUT2D eigenvalue weighted by atomic mass is 9.52. The molecule has 5 rings (SSSR count). The van der Waals surface area contributed by atoms with Crippen LogP contribution in [0.3, 0.4) is 0 Å². The normalized spacial score (nSPS) is 26.7. The minimum absolute atomic E-state index is 0.0153. The minimum atomic E-state index is -2.76. The number of rotatable bonds is 13. The summed E-state index contributed by atoms with van der Waals surface area (Å²) in [6.45, 7) is 3.72. The first kappa shape index (κ1) is 35.4. The van der Waals surface area contributed by atoms with Crippen molar-refractivity contribution < 1.29 is 38.9 Å². The molecule has 0 spiro atoms. The van der Waals surface area contributed by atoms with E-state index in [1.807, 2.05) is 18.2 Å². The third kappa shape index (κ3) is 6.08. The molecule has 2 fully saturated rings. The Kier molecular flexibility index (Phi) is 10.5. The average molecular weight is 662 g/mol. The number of nitrogens with two attached hydrogens (primary N) is 1. The second kappa shape index (κ2) is 14.3. The molecule has 0 heterocycles.